The number of aromatic nitrogens is 1. The van der Waals surface area contributed by atoms with E-state index < -0.39 is 22.0 Å². The third kappa shape index (κ3) is 3.43. The van der Waals surface area contributed by atoms with Gasteiger partial charge in [0.25, 0.3) is 15.9 Å². The van der Waals surface area contributed by atoms with Crippen LogP contribution in [-0.2, 0) is 19.6 Å². The lowest BCUT2D eigenvalue weighted by atomic mass is 10.2. The van der Waals surface area contributed by atoms with Crippen molar-refractivity contribution < 1.29 is 17.9 Å². The van der Waals surface area contributed by atoms with Crippen molar-refractivity contribution in [2.45, 2.75) is 36.9 Å². The number of pyridine rings is 1. The van der Waals surface area contributed by atoms with Gasteiger partial charge in [0.15, 0.2) is 0 Å². The number of rotatable bonds is 3. The van der Waals surface area contributed by atoms with Crippen LogP contribution in [0.5, 0.6) is 0 Å². The van der Waals surface area contributed by atoms with Gasteiger partial charge in [0, 0.05) is 12.4 Å². The summed E-state index contributed by atoms with van der Waals surface area (Å²) >= 11 is 5.67. The molecule has 0 aliphatic carbocycles. The number of halogens is 1. The molecule has 1 fully saturated rings. The second-order valence-corrected chi connectivity index (χ2v) is 6.44. The van der Waals surface area contributed by atoms with E-state index in [-0.39, 0.29) is 16.0 Å². The van der Waals surface area contributed by atoms with E-state index in [4.69, 9.17) is 16.3 Å². The Kier molecular flexibility index (Phi) is 4.07. The molecule has 6 nitrogen and oxygen atoms in total. The second kappa shape index (κ2) is 5.44. The second-order valence-electron chi connectivity index (χ2n) is 4.32. The Morgan fingerprint density at radius 1 is 1.47 bits per heavy atom. The molecule has 104 valence electrons. The number of hydrogen-bond acceptors (Lipinski definition) is 5. The maximum absolute atomic E-state index is 11.9. The van der Waals surface area contributed by atoms with Crippen molar-refractivity contribution in [1.29, 1.82) is 0 Å². The molecular formula is C11H13ClN2O4S. The molecule has 8 heteroatoms. The van der Waals surface area contributed by atoms with Crippen molar-refractivity contribution in [3.8, 4) is 0 Å². The van der Waals surface area contributed by atoms with Gasteiger partial charge >= 0.3 is 0 Å². The van der Waals surface area contributed by atoms with Crippen LogP contribution < -0.4 is 4.72 Å². The third-order valence-electron chi connectivity index (χ3n) is 2.75. The molecule has 0 radical (unpaired) electrons. The maximum atomic E-state index is 11.9. The zero-order valence-electron chi connectivity index (χ0n) is 10.2. The summed E-state index contributed by atoms with van der Waals surface area (Å²) in [5.41, 5.74) is 0. The molecule has 0 aromatic carbocycles. The quantitative estimate of drug-likeness (QED) is 0.904. The van der Waals surface area contributed by atoms with Crippen molar-refractivity contribution in [3.05, 3.63) is 23.5 Å². The lowest BCUT2D eigenvalue weighted by Gasteiger charge is -2.12. The van der Waals surface area contributed by atoms with Crippen molar-refractivity contribution in [2.75, 3.05) is 0 Å². The molecule has 1 aromatic heterocycles. The Morgan fingerprint density at radius 2 is 2.21 bits per heavy atom. The molecule has 1 aliphatic heterocycles. The first kappa shape index (κ1) is 14.2. The Labute approximate surface area is 116 Å². The molecule has 2 atom stereocenters. The highest BCUT2D eigenvalue weighted by atomic mass is 35.5. The summed E-state index contributed by atoms with van der Waals surface area (Å²) in [4.78, 5) is 15.3. The van der Waals surface area contributed by atoms with Crippen LogP contribution in [0.15, 0.2) is 23.4 Å². The van der Waals surface area contributed by atoms with Crippen molar-refractivity contribution in [1.82, 2.24) is 9.71 Å². The van der Waals surface area contributed by atoms with Crippen molar-refractivity contribution >= 4 is 27.5 Å². The molecule has 1 aliphatic rings. The Morgan fingerprint density at radius 3 is 2.79 bits per heavy atom. The van der Waals surface area contributed by atoms with Crippen LogP contribution >= 0.6 is 11.6 Å². The first-order valence-corrected chi connectivity index (χ1v) is 7.57. The zero-order chi connectivity index (χ0) is 14.0. The highest BCUT2D eigenvalue weighted by Crippen LogP contribution is 2.20. The van der Waals surface area contributed by atoms with E-state index in [0.29, 0.717) is 6.42 Å². The SMILES string of the molecule is C[C@@H]1CC[C@@H](C(=O)NS(=O)(=O)c2cncc(Cl)c2)O1. The maximum Gasteiger partial charge on any atom is 0.265 e. The molecule has 1 amide bonds. The van der Waals surface area contributed by atoms with Gasteiger partial charge in [0.05, 0.1) is 11.1 Å². The van der Waals surface area contributed by atoms with Crippen LogP contribution in [0.4, 0.5) is 0 Å². The number of nitrogens with zero attached hydrogens (tertiary/aromatic N) is 1. The summed E-state index contributed by atoms with van der Waals surface area (Å²) in [5.74, 6) is -0.663. The number of carbonyl (C=O) groups is 1. The van der Waals surface area contributed by atoms with E-state index in [2.05, 4.69) is 4.98 Å². The molecule has 1 saturated heterocycles. The average Bonchev–Trinajstić information content (AvgIpc) is 2.75. The van der Waals surface area contributed by atoms with Crippen LogP contribution in [0.25, 0.3) is 0 Å². The smallest absolute Gasteiger partial charge is 0.265 e. The van der Waals surface area contributed by atoms with Crippen LogP contribution in [0, 0.1) is 0 Å². The average molecular weight is 305 g/mol. The van der Waals surface area contributed by atoms with Gasteiger partial charge < -0.3 is 4.74 Å². The number of ether oxygens (including phenoxy) is 1. The Bertz CT molecular complexity index is 590. The summed E-state index contributed by atoms with van der Waals surface area (Å²) in [6.07, 6.45) is 2.92. The van der Waals surface area contributed by atoms with Gasteiger partial charge in [-0.2, -0.15) is 0 Å². The fourth-order valence-electron chi connectivity index (χ4n) is 1.79. The molecule has 0 bridgehead atoms. The lowest BCUT2D eigenvalue weighted by molar-refractivity contribution is -0.129. The monoisotopic (exact) mass is 304 g/mol. The molecule has 19 heavy (non-hydrogen) atoms. The summed E-state index contributed by atoms with van der Waals surface area (Å²) in [6, 6.07) is 1.22. The summed E-state index contributed by atoms with van der Waals surface area (Å²) in [6.45, 7) is 1.84. The minimum atomic E-state index is -3.96. The predicted molar refractivity (Wildman–Crippen MR) is 68.1 cm³/mol. The van der Waals surface area contributed by atoms with E-state index in [9.17, 15) is 13.2 Å². The van der Waals surface area contributed by atoms with Gasteiger partial charge in [-0.05, 0) is 25.8 Å². The highest BCUT2D eigenvalue weighted by molar-refractivity contribution is 7.90. The minimum absolute atomic E-state index is 0.0358. The number of hydrogen-bond donors (Lipinski definition) is 1. The number of amides is 1. The van der Waals surface area contributed by atoms with Gasteiger partial charge in [0.1, 0.15) is 11.0 Å². The number of sulfonamides is 1. The minimum Gasteiger partial charge on any atom is -0.365 e. The van der Waals surface area contributed by atoms with Crippen LogP contribution in [0.2, 0.25) is 5.02 Å². The summed E-state index contributed by atoms with van der Waals surface area (Å²) in [5, 5.41) is 0.182. The molecule has 0 spiro atoms. The predicted octanol–water partition coefficient (Wildman–Crippen LogP) is 1.11. The largest absolute Gasteiger partial charge is 0.365 e. The number of carbonyl (C=O) groups excluding carboxylic acids is 1. The molecule has 1 N–H and O–H groups in total. The van der Waals surface area contributed by atoms with E-state index in [1.165, 1.54) is 12.3 Å². The molecule has 0 unspecified atom stereocenters. The standard InChI is InChI=1S/C11H13ClN2O4S/c1-7-2-3-10(18-7)11(15)14-19(16,17)9-4-8(12)5-13-6-9/h4-7,10H,2-3H2,1H3,(H,14,15)/t7-,10+/m1/s1. The summed E-state index contributed by atoms with van der Waals surface area (Å²) < 4.78 is 31.2. The first-order chi connectivity index (χ1) is 8.88. The van der Waals surface area contributed by atoms with Crippen LogP contribution in [0.3, 0.4) is 0 Å². The highest BCUT2D eigenvalue weighted by Gasteiger charge is 2.31. The Balaban J connectivity index is 2.11. The lowest BCUT2D eigenvalue weighted by Crippen LogP contribution is -2.38. The van der Waals surface area contributed by atoms with E-state index >= 15 is 0 Å². The number of nitrogens with one attached hydrogen (secondary N) is 1. The zero-order valence-corrected chi connectivity index (χ0v) is 11.7. The van der Waals surface area contributed by atoms with E-state index in [0.717, 1.165) is 12.6 Å². The fourth-order valence-corrected chi connectivity index (χ4v) is 3.03. The normalized spacial score (nSPS) is 23.3. The molecule has 2 rings (SSSR count). The van der Waals surface area contributed by atoms with Crippen LogP contribution in [-0.4, -0.2) is 31.5 Å². The molecule has 0 saturated carbocycles. The van der Waals surface area contributed by atoms with Crippen molar-refractivity contribution in [3.63, 3.8) is 0 Å². The van der Waals surface area contributed by atoms with Gasteiger partial charge in [0.2, 0.25) is 0 Å². The van der Waals surface area contributed by atoms with E-state index in [1.54, 1.807) is 0 Å². The van der Waals surface area contributed by atoms with Gasteiger partial charge in [-0.15, -0.1) is 0 Å². The topological polar surface area (TPSA) is 85.4 Å². The summed E-state index contributed by atoms with van der Waals surface area (Å²) in [7, 11) is -3.96. The molecule has 1 aromatic rings. The van der Waals surface area contributed by atoms with Gasteiger partial charge in [-0.1, -0.05) is 11.6 Å². The molecular weight excluding hydrogens is 292 g/mol. The first-order valence-electron chi connectivity index (χ1n) is 5.71. The Hall–Kier alpha value is -1.18. The van der Waals surface area contributed by atoms with Crippen molar-refractivity contribution in [2.24, 2.45) is 0 Å². The molecule has 2 heterocycles. The van der Waals surface area contributed by atoms with Gasteiger partial charge in [-0.3, -0.25) is 9.78 Å². The van der Waals surface area contributed by atoms with E-state index in [1.807, 2.05) is 11.6 Å². The van der Waals surface area contributed by atoms with Crippen LogP contribution in [0.1, 0.15) is 19.8 Å². The third-order valence-corrected chi connectivity index (χ3v) is 4.27. The van der Waals surface area contributed by atoms with Gasteiger partial charge in [-0.25, -0.2) is 13.1 Å². The fraction of sp³-hybridized carbons (Fsp3) is 0.455.